The van der Waals surface area contributed by atoms with Gasteiger partial charge in [0.2, 0.25) is 0 Å². The summed E-state index contributed by atoms with van der Waals surface area (Å²) in [6.45, 7) is 7.25. The van der Waals surface area contributed by atoms with Crippen LogP contribution in [0.1, 0.15) is 46.5 Å². The highest BCUT2D eigenvalue weighted by Crippen LogP contribution is 2.86. The molecular weight excluding hydrogens is 332 g/mol. The normalized spacial score (nSPS) is 63.1. The molecule has 3 aliphatic heterocycles. The van der Waals surface area contributed by atoms with Crippen LogP contribution in [0.15, 0.2) is 11.1 Å². The Morgan fingerprint density at radius 2 is 2.08 bits per heavy atom. The summed E-state index contributed by atoms with van der Waals surface area (Å²) in [6.07, 6.45) is 3.49. The summed E-state index contributed by atoms with van der Waals surface area (Å²) in [7, 11) is 0. The molecule has 0 aromatic rings. The van der Waals surface area contributed by atoms with Crippen molar-refractivity contribution in [2.24, 2.45) is 28.6 Å². The summed E-state index contributed by atoms with van der Waals surface area (Å²) in [5.74, 6) is 1.06. The molecular formula is C21H26O5. The maximum atomic E-state index is 12.1. The van der Waals surface area contributed by atoms with Gasteiger partial charge < -0.3 is 19.3 Å². The zero-order valence-electron chi connectivity index (χ0n) is 15.6. The van der Waals surface area contributed by atoms with E-state index in [1.54, 1.807) is 0 Å². The maximum absolute atomic E-state index is 12.1. The fourth-order valence-corrected chi connectivity index (χ4v) is 8.38. The Labute approximate surface area is 153 Å². The number of carbonyl (C=O) groups is 1. The molecule has 2 saturated heterocycles. The lowest BCUT2D eigenvalue weighted by Gasteiger charge is -2.54. The van der Waals surface area contributed by atoms with E-state index in [9.17, 15) is 9.90 Å². The van der Waals surface area contributed by atoms with E-state index in [0.29, 0.717) is 18.4 Å². The lowest BCUT2D eigenvalue weighted by Crippen LogP contribution is -2.67. The number of hydrogen-bond donors (Lipinski definition) is 1. The zero-order chi connectivity index (χ0) is 17.9. The molecule has 0 amide bonds. The Morgan fingerprint density at radius 1 is 1.27 bits per heavy atom. The van der Waals surface area contributed by atoms with Gasteiger partial charge in [-0.3, -0.25) is 0 Å². The quantitative estimate of drug-likeness (QED) is 0.573. The molecule has 9 atom stereocenters. The lowest BCUT2D eigenvalue weighted by atomic mass is 9.46. The Bertz CT molecular complexity index is 817. The van der Waals surface area contributed by atoms with E-state index in [4.69, 9.17) is 14.2 Å². The van der Waals surface area contributed by atoms with Crippen molar-refractivity contribution in [3.05, 3.63) is 11.1 Å². The predicted octanol–water partition coefficient (Wildman–Crippen LogP) is 1.97. The van der Waals surface area contributed by atoms with Crippen LogP contribution in [0.3, 0.4) is 0 Å². The first-order chi connectivity index (χ1) is 12.3. The molecule has 5 heteroatoms. The van der Waals surface area contributed by atoms with Crippen molar-refractivity contribution in [3.63, 3.8) is 0 Å². The van der Waals surface area contributed by atoms with Gasteiger partial charge in [0, 0.05) is 16.4 Å². The second-order valence-corrected chi connectivity index (χ2v) is 10.4. The van der Waals surface area contributed by atoms with Gasteiger partial charge in [-0.25, -0.2) is 4.79 Å². The van der Waals surface area contributed by atoms with Gasteiger partial charge in [0.05, 0.1) is 18.3 Å². The molecule has 26 heavy (non-hydrogen) atoms. The fraction of sp³-hybridized carbons (Fsp3) is 0.857. The number of aliphatic hydroxyl groups is 1. The Morgan fingerprint density at radius 3 is 2.85 bits per heavy atom. The molecule has 0 aromatic carbocycles. The van der Waals surface area contributed by atoms with Gasteiger partial charge in [-0.1, -0.05) is 20.8 Å². The highest BCUT2D eigenvalue weighted by molar-refractivity contribution is 5.92. The third kappa shape index (κ3) is 1.15. The fourth-order valence-electron chi connectivity index (χ4n) is 8.38. The van der Waals surface area contributed by atoms with E-state index >= 15 is 0 Å². The van der Waals surface area contributed by atoms with E-state index < -0.39 is 11.7 Å². The summed E-state index contributed by atoms with van der Waals surface area (Å²) in [5, 5.41) is 11.6. The monoisotopic (exact) mass is 358 g/mol. The van der Waals surface area contributed by atoms with Gasteiger partial charge in [0.15, 0.2) is 5.60 Å². The summed E-state index contributed by atoms with van der Waals surface area (Å²) < 4.78 is 18.4. The third-order valence-electron chi connectivity index (χ3n) is 9.83. The average Bonchev–Trinajstić information content (AvgIpc) is 3.47. The number of aliphatic hydroxyl groups excluding tert-OH is 1. The van der Waals surface area contributed by atoms with E-state index in [1.807, 2.05) is 0 Å². The standard InChI is InChI=1S/C21H26O5/c1-9(2)19-7-13(19)15-21(26-15)18(3)5-4-10-11(8-24-16(10)22)12(18)6-14-20(21,25-14)17(19)23/h9,12-15,17,23H,4-8H2,1-3H3/t12-,13-,14-,15-,17+,18-,19+,20+,21+/m0/s1. The highest BCUT2D eigenvalue weighted by Gasteiger charge is 2.98. The van der Waals surface area contributed by atoms with Crippen LogP contribution in [0.25, 0.3) is 0 Å². The van der Waals surface area contributed by atoms with Crippen LogP contribution < -0.4 is 0 Å². The van der Waals surface area contributed by atoms with Gasteiger partial charge >= 0.3 is 5.97 Å². The summed E-state index contributed by atoms with van der Waals surface area (Å²) in [4.78, 5) is 12.1. The second kappa shape index (κ2) is 3.81. The van der Waals surface area contributed by atoms with Crippen molar-refractivity contribution < 1.29 is 24.1 Å². The lowest BCUT2D eigenvalue weighted by molar-refractivity contribution is -0.136. The zero-order valence-corrected chi connectivity index (χ0v) is 15.6. The first-order valence-electron chi connectivity index (χ1n) is 10.3. The van der Waals surface area contributed by atoms with Crippen molar-refractivity contribution in [2.75, 3.05) is 6.61 Å². The molecule has 7 aliphatic rings. The molecule has 0 unspecified atom stereocenters. The minimum Gasteiger partial charge on any atom is -0.458 e. The number of epoxide rings is 2. The van der Waals surface area contributed by atoms with Crippen LogP contribution in [-0.2, 0) is 19.0 Å². The number of cyclic esters (lactones) is 1. The molecule has 0 aromatic heterocycles. The average molecular weight is 358 g/mol. The predicted molar refractivity (Wildman–Crippen MR) is 90.0 cm³/mol. The van der Waals surface area contributed by atoms with Crippen LogP contribution in [0.2, 0.25) is 0 Å². The molecule has 7 rings (SSSR count). The van der Waals surface area contributed by atoms with Crippen molar-refractivity contribution in [2.45, 2.75) is 76.0 Å². The second-order valence-electron chi connectivity index (χ2n) is 10.4. The van der Waals surface area contributed by atoms with Gasteiger partial charge in [0.25, 0.3) is 0 Å². The summed E-state index contributed by atoms with van der Waals surface area (Å²) in [6, 6.07) is 0. The SMILES string of the molecule is CC(C)[C@]12C[C@H]1[C@@H]1O[C@]13[C@]1(O[C@H]1C[C@H]1C4=C(CC[C@@]13C)C(=O)OC4)[C@@H]2O. The first kappa shape index (κ1) is 15.1. The molecule has 5 fully saturated rings. The molecule has 4 aliphatic carbocycles. The molecule has 3 heterocycles. The van der Waals surface area contributed by atoms with Crippen molar-refractivity contribution in [3.8, 4) is 0 Å². The molecule has 2 spiro atoms. The molecule has 0 radical (unpaired) electrons. The third-order valence-corrected chi connectivity index (χ3v) is 9.83. The number of carbonyl (C=O) groups excluding carboxylic acids is 1. The maximum Gasteiger partial charge on any atom is 0.334 e. The van der Waals surface area contributed by atoms with Crippen molar-refractivity contribution >= 4 is 5.97 Å². The number of rotatable bonds is 1. The first-order valence-corrected chi connectivity index (χ1v) is 10.3. The van der Waals surface area contributed by atoms with Crippen molar-refractivity contribution in [1.29, 1.82) is 0 Å². The Kier molecular flexibility index (Phi) is 2.21. The Balaban J connectivity index is 1.39. The van der Waals surface area contributed by atoms with Crippen LogP contribution in [0.4, 0.5) is 0 Å². The Hall–Kier alpha value is -0.910. The van der Waals surface area contributed by atoms with Gasteiger partial charge in [-0.15, -0.1) is 0 Å². The minimum absolute atomic E-state index is 0.0197. The number of fused-ring (bicyclic) bond motifs is 4. The van der Waals surface area contributed by atoms with Gasteiger partial charge in [-0.05, 0) is 49.0 Å². The van der Waals surface area contributed by atoms with Crippen LogP contribution in [0.5, 0.6) is 0 Å². The number of esters is 1. The van der Waals surface area contributed by atoms with Crippen LogP contribution in [0, 0.1) is 28.6 Å². The van der Waals surface area contributed by atoms with Crippen LogP contribution in [-0.4, -0.2) is 47.2 Å². The van der Waals surface area contributed by atoms with Crippen LogP contribution >= 0.6 is 0 Å². The summed E-state index contributed by atoms with van der Waals surface area (Å²) in [5.41, 5.74) is 1.13. The van der Waals surface area contributed by atoms with E-state index in [2.05, 4.69) is 20.8 Å². The van der Waals surface area contributed by atoms with Gasteiger partial charge in [-0.2, -0.15) is 0 Å². The summed E-state index contributed by atoms with van der Waals surface area (Å²) >= 11 is 0. The van der Waals surface area contributed by atoms with Crippen molar-refractivity contribution in [1.82, 2.24) is 0 Å². The highest BCUT2D eigenvalue weighted by atomic mass is 16.7. The minimum atomic E-state index is -0.512. The molecule has 140 valence electrons. The topological polar surface area (TPSA) is 71.6 Å². The smallest absolute Gasteiger partial charge is 0.334 e. The molecule has 1 N–H and O–H groups in total. The molecule has 3 saturated carbocycles. The number of ether oxygens (including phenoxy) is 3. The largest absolute Gasteiger partial charge is 0.458 e. The van der Waals surface area contributed by atoms with Gasteiger partial charge in [0.1, 0.15) is 12.2 Å². The number of hydrogen-bond acceptors (Lipinski definition) is 5. The van der Waals surface area contributed by atoms with E-state index in [-0.39, 0.29) is 40.5 Å². The molecule has 5 nitrogen and oxygen atoms in total. The van der Waals surface area contributed by atoms with E-state index in [1.165, 1.54) is 5.57 Å². The van der Waals surface area contributed by atoms with E-state index in [0.717, 1.165) is 31.3 Å². The molecule has 0 bridgehead atoms.